The molecule has 6 nitrogen and oxygen atoms in total. The number of hydrogen-bond donors (Lipinski definition) is 0. The first-order chi connectivity index (χ1) is 10.8. The van der Waals surface area contributed by atoms with E-state index in [-0.39, 0.29) is 18.4 Å². The molecule has 1 atom stereocenters. The van der Waals surface area contributed by atoms with Crippen LogP contribution >= 0.6 is 0 Å². The molecule has 0 aliphatic carbocycles. The second kappa shape index (κ2) is 7.31. The molecule has 0 radical (unpaired) electrons. The van der Waals surface area contributed by atoms with Crippen molar-refractivity contribution in [1.29, 1.82) is 0 Å². The van der Waals surface area contributed by atoms with Crippen LogP contribution in [-0.2, 0) is 21.4 Å². The molecular weight excluding hydrogens is 316 g/mol. The molecule has 1 heterocycles. The molecule has 0 saturated carbocycles. The number of methoxy groups -OCH3 is 1. The van der Waals surface area contributed by atoms with Crippen molar-refractivity contribution in [3.63, 3.8) is 0 Å². The van der Waals surface area contributed by atoms with Gasteiger partial charge in [0.1, 0.15) is 5.75 Å². The maximum Gasteiger partial charge on any atom is 0.227 e. The van der Waals surface area contributed by atoms with Gasteiger partial charge in [-0.15, -0.1) is 0 Å². The fraction of sp³-hybridized carbons (Fsp3) is 0.562. The lowest BCUT2D eigenvalue weighted by atomic mass is 9.98. The summed E-state index contributed by atoms with van der Waals surface area (Å²) in [5, 5.41) is 0. The van der Waals surface area contributed by atoms with E-state index in [4.69, 9.17) is 4.74 Å². The third-order valence-electron chi connectivity index (χ3n) is 4.16. The molecule has 1 aromatic rings. The Morgan fingerprint density at radius 3 is 2.57 bits per heavy atom. The molecule has 1 saturated heterocycles. The Morgan fingerprint density at radius 2 is 2.00 bits per heavy atom. The zero-order chi connectivity index (χ0) is 17.0. The average molecular weight is 340 g/mol. The Labute approximate surface area is 138 Å². The predicted molar refractivity (Wildman–Crippen MR) is 88.6 cm³/mol. The minimum atomic E-state index is -3.24. The van der Waals surface area contributed by atoms with E-state index in [1.165, 1.54) is 10.6 Å². The first-order valence-electron chi connectivity index (χ1n) is 7.64. The van der Waals surface area contributed by atoms with Crippen molar-refractivity contribution < 1.29 is 17.9 Å². The molecule has 7 heteroatoms. The largest absolute Gasteiger partial charge is 0.497 e. The number of carbonyl (C=O) groups is 1. The normalized spacial score (nSPS) is 19.3. The minimum absolute atomic E-state index is 0.00540. The SMILES string of the molecule is COc1ccc(CN(C)C(=O)[C@@H]2CCCN(S(C)(=O)=O)C2)cc1. The highest BCUT2D eigenvalue weighted by Gasteiger charge is 2.31. The monoisotopic (exact) mass is 340 g/mol. The summed E-state index contributed by atoms with van der Waals surface area (Å²) in [5.74, 6) is 0.509. The molecular formula is C16H24N2O4S. The summed E-state index contributed by atoms with van der Waals surface area (Å²) in [6.45, 7) is 1.29. The van der Waals surface area contributed by atoms with Crippen LogP contribution < -0.4 is 4.74 Å². The van der Waals surface area contributed by atoms with Crippen molar-refractivity contribution in [1.82, 2.24) is 9.21 Å². The van der Waals surface area contributed by atoms with E-state index in [2.05, 4.69) is 0 Å². The molecule has 1 aromatic carbocycles. The van der Waals surface area contributed by atoms with Crippen LogP contribution in [0.1, 0.15) is 18.4 Å². The molecule has 23 heavy (non-hydrogen) atoms. The second-order valence-corrected chi connectivity index (χ2v) is 7.98. The first-order valence-corrected chi connectivity index (χ1v) is 9.49. The van der Waals surface area contributed by atoms with Gasteiger partial charge in [0.2, 0.25) is 15.9 Å². The highest BCUT2D eigenvalue weighted by Crippen LogP contribution is 2.21. The number of ether oxygens (including phenoxy) is 1. The van der Waals surface area contributed by atoms with E-state index < -0.39 is 10.0 Å². The zero-order valence-corrected chi connectivity index (χ0v) is 14.7. The van der Waals surface area contributed by atoms with Crippen LogP contribution in [0.3, 0.4) is 0 Å². The summed E-state index contributed by atoms with van der Waals surface area (Å²) in [6.07, 6.45) is 2.65. The Hall–Kier alpha value is -1.60. The summed E-state index contributed by atoms with van der Waals surface area (Å²) in [5.41, 5.74) is 1.01. The summed E-state index contributed by atoms with van der Waals surface area (Å²) >= 11 is 0. The van der Waals surface area contributed by atoms with Gasteiger partial charge in [-0.1, -0.05) is 12.1 Å². The average Bonchev–Trinajstić information content (AvgIpc) is 2.54. The van der Waals surface area contributed by atoms with Crippen LogP contribution in [0.15, 0.2) is 24.3 Å². The van der Waals surface area contributed by atoms with E-state index in [0.29, 0.717) is 13.1 Å². The second-order valence-electron chi connectivity index (χ2n) is 6.00. The molecule has 1 aliphatic rings. The summed E-state index contributed by atoms with van der Waals surface area (Å²) in [4.78, 5) is 14.2. The highest BCUT2D eigenvalue weighted by molar-refractivity contribution is 7.88. The molecule has 2 rings (SSSR count). The number of amides is 1. The predicted octanol–water partition coefficient (Wildman–Crippen LogP) is 1.33. The van der Waals surface area contributed by atoms with Gasteiger partial charge >= 0.3 is 0 Å². The van der Waals surface area contributed by atoms with E-state index in [1.54, 1.807) is 19.1 Å². The van der Waals surface area contributed by atoms with Crippen LogP contribution in [0, 0.1) is 5.92 Å². The van der Waals surface area contributed by atoms with Gasteiger partial charge in [0.25, 0.3) is 0 Å². The Balaban J connectivity index is 1.98. The van der Waals surface area contributed by atoms with Gasteiger partial charge in [-0.2, -0.15) is 0 Å². The van der Waals surface area contributed by atoms with Gasteiger partial charge in [0.15, 0.2) is 0 Å². The number of nitrogens with zero attached hydrogens (tertiary/aromatic N) is 2. The van der Waals surface area contributed by atoms with Gasteiger partial charge in [0.05, 0.1) is 19.3 Å². The lowest BCUT2D eigenvalue weighted by Crippen LogP contribution is -2.45. The van der Waals surface area contributed by atoms with Gasteiger partial charge in [-0.05, 0) is 30.5 Å². The van der Waals surface area contributed by atoms with Crippen molar-refractivity contribution >= 4 is 15.9 Å². The van der Waals surface area contributed by atoms with Crippen LogP contribution in [0.2, 0.25) is 0 Å². The van der Waals surface area contributed by atoms with Gasteiger partial charge in [-0.3, -0.25) is 4.79 Å². The molecule has 0 unspecified atom stereocenters. The van der Waals surface area contributed by atoms with E-state index >= 15 is 0 Å². The van der Waals surface area contributed by atoms with Crippen LogP contribution in [0.4, 0.5) is 0 Å². The van der Waals surface area contributed by atoms with Crippen molar-refractivity contribution in [2.75, 3.05) is 33.5 Å². The number of piperidine rings is 1. The van der Waals surface area contributed by atoms with Gasteiger partial charge in [0, 0.05) is 26.7 Å². The third kappa shape index (κ3) is 4.68. The Bertz CT molecular complexity index is 643. The minimum Gasteiger partial charge on any atom is -0.497 e. The molecule has 0 bridgehead atoms. The van der Waals surface area contributed by atoms with Crippen LogP contribution in [-0.4, -0.2) is 57.0 Å². The van der Waals surface area contributed by atoms with Crippen LogP contribution in [0.5, 0.6) is 5.75 Å². The van der Waals surface area contributed by atoms with Crippen molar-refractivity contribution in [2.45, 2.75) is 19.4 Å². The fourth-order valence-corrected chi connectivity index (χ4v) is 3.75. The fourth-order valence-electron chi connectivity index (χ4n) is 2.84. The molecule has 1 aliphatic heterocycles. The van der Waals surface area contributed by atoms with Gasteiger partial charge in [-0.25, -0.2) is 12.7 Å². The third-order valence-corrected chi connectivity index (χ3v) is 5.43. The van der Waals surface area contributed by atoms with Crippen molar-refractivity contribution in [3.05, 3.63) is 29.8 Å². The standard InChI is InChI=1S/C16H24N2O4S/c1-17(11-13-6-8-15(22-2)9-7-13)16(19)14-5-4-10-18(12-14)23(3,20)21/h6-9,14H,4-5,10-12H2,1-3H3/t14-/m1/s1. The smallest absolute Gasteiger partial charge is 0.227 e. The number of carbonyl (C=O) groups excluding carboxylic acids is 1. The Kier molecular flexibility index (Phi) is 5.64. The number of hydrogen-bond acceptors (Lipinski definition) is 4. The lowest BCUT2D eigenvalue weighted by Gasteiger charge is -2.32. The van der Waals surface area contributed by atoms with Crippen molar-refractivity contribution in [3.8, 4) is 5.75 Å². The highest BCUT2D eigenvalue weighted by atomic mass is 32.2. The number of rotatable bonds is 5. The first kappa shape index (κ1) is 17.7. The number of sulfonamides is 1. The van der Waals surface area contributed by atoms with Gasteiger partial charge < -0.3 is 9.64 Å². The quantitative estimate of drug-likeness (QED) is 0.811. The summed E-state index contributed by atoms with van der Waals surface area (Å²) in [6, 6.07) is 7.57. The molecule has 0 N–H and O–H groups in total. The number of benzene rings is 1. The molecule has 0 aromatic heterocycles. The lowest BCUT2D eigenvalue weighted by molar-refractivity contribution is -0.135. The summed E-state index contributed by atoms with van der Waals surface area (Å²) < 4.78 is 29.9. The van der Waals surface area contributed by atoms with Crippen molar-refractivity contribution in [2.24, 2.45) is 5.92 Å². The topological polar surface area (TPSA) is 66.9 Å². The summed E-state index contributed by atoms with van der Waals surface area (Å²) in [7, 11) is 0.132. The van der Waals surface area contributed by atoms with Crippen LogP contribution in [0.25, 0.3) is 0 Å². The maximum absolute atomic E-state index is 12.6. The molecule has 1 amide bonds. The van der Waals surface area contributed by atoms with E-state index in [9.17, 15) is 13.2 Å². The Morgan fingerprint density at radius 1 is 1.35 bits per heavy atom. The van der Waals surface area contributed by atoms with E-state index in [1.807, 2.05) is 24.3 Å². The molecule has 1 fully saturated rings. The molecule has 0 spiro atoms. The maximum atomic E-state index is 12.6. The zero-order valence-electron chi connectivity index (χ0n) is 13.9. The molecule has 128 valence electrons. The van der Waals surface area contributed by atoms with E-state index in [0.717, 1.165) is 24.2 Å².